The van der Waals surface area contributed by atoms with Crippen LogP contribution in [0.15, 0.2) is 48.5 Å². The number of phosphoric ester groups is 1. The predicted molar refractivity (Wildman–Crippen MR) is 215 cm³/mol. The molecule has 1 aliphatic heterocycles. The molecule has 6 heteroatoms. The Morgan fingerprint density at radius 3 is 1.15 bits per heavy atom. The Kier molecular flexibility index (Phi) is 11.0. The van der Waals surface area contributed by atoms with Crippen LogP contribution in [0.3, 0.4) is 0 Å². The monoisotopic (exact) mass is 824 g/mol. The van der Waals surface area contributed by atoms with Crippen molar-refractivity contribution in [3.8, 4) is 33.8 Å². The van der Waals surface area contributed by atoms with Gasteiger partial charge in [-0.2, -0.15) is 0 Å². The van der Waals surface area contributed by atoms with Crippen LogP contribution in [0.2, 0.25) is 0 Å². The zero-order chi connectivity index (χ0) is 37.6. The molecule has 0 atom stereocenters. The van der Waals surface area contributed by atoms with Gasteiger partial charge in [0.2, 0.25) is 0 Å². The molecule has 4 aromatic rings. The maximum Gasteiger partial charge on any atom is 1.00 e. The molecule has 0 N–H and O–H groups in total. The maximum absolute atomic E-state index is 14.5. The van der Waals surface area contributed by atoms with Gasteiger partial charge in [0, 0.05) is 27.7 Å². The van der Waals surface area contributed by atoms with Crippen molar-refractivity contribution in [1.29, 1.82) is 0 Å². The quantitative estimate of drug-likeness (QED) is 0.131. The zero-order valence-electron chi connectivity index (χ0n) is 33.8. The van der Waals surface area contributed by atoms with E-state index in [4.69, 9.17) is 9.05 Å². The minimum atomic E-state index is -4.91. The smallest absolute Gasteiger partial charge is 0.736 e. The third kappa shape index (κ3) is 6.63. The van der Waals surface area contributed by atoms with E-state index in [2.05, 4.69) is 132 Å². The van der Waals surface area contributed by atoms with Gasteiger partial charge in [-0.1, -0.05) is 132 Å². The summed E-state index contributed by atoms with van der Waals surface area (Å²) in [5.74, 6) is 2.64. The minimum Gasteiger partial charge on any atom is -0.736 e. The molecule has 1 spiro atoms. The van der Waals surface area contributed by atoms with Gasteiger partial charge in [-0.3, -0.25) is 0 Å². The topological polar surface area (TPSA) is 58.6 Å². The molecule has 0 aromatic heterocycles. The molecule has 7 rings (SSSR count). The molecule has 286 valence electrons. The molecule has 0 saturated carbocycles. The summed E-state index contributed by atoms with van der Waals surface area (Å²) in [6.45, 7) is 26.8. The SMILES string of the molecule is CC(C)c1cc(C(C)C)c(-c2ccc3c4c2OP(=O)([O-])Oc2c(-c5c(C(C)C)cc(C(C)C)cc5C(C)C)ccc5c2C4(CC3)CC5)c(C(C)C)c1.[Ag+]. The van der Waals surface area contributed by atoms with Gasteiger partial charge in [0.15, 0.2) is 0 Å². The summed E-state index contributed by atoms with van der Waals surface area (Å²) in [4.78, 5) is 14.5. The molecule has 1 heterocycles. The minimum absolute atomic E-state index is 0. The number of phosphoric acid groups is 1. The second kappa shape index (κ2) is 14.5. The molecule has 0 saturated heterocycles. The van der Waals surface area contributed by atoms with Crippen LogP contribution in [-0.2, 0) is 45.2 Å². The Bertz CT molecular complexity index is 1920. The van der Waals surface area contributed by atoms with E-state index in [0.717, 1.165) is 59.1 Å². The summed E-state index contributed by atoms with van der Waals surface area (Å²) in [6.07, 6.45) is 3.55. The van der Waals surface area contributed by atoms with E-state index >= 15 is 0 Å². The molecule has 4 aromatic carbocycles. The van der Waals surface area contributed by atoms with Crippen molar-refractivity contribution in [1.82, 2.24) is 0 Å². The fourth-order valence-corrected chi connectivity index (χ4v) is 10.4. The Morgan fingerprint density at radius 2 is 0.868 bits per heavy atom. The first-order chi connectivity index (χ1) is 24.5. The molecule has 53 heavy (non-hydrogen) atoms. The van der Waals surface area contributed by atoms with E-state index in [1.165, 1.54) is 44.5 Å². The van der Waals surface area contributed by atoms with Gasteiger partial charge < -0.3 is 13.9 Å². The molecule has 0 fully saturated rings. The summed E-state index contributed by atoms with van der Waals surface area (Å²) in [5, 5.41) is 0. The van der Waals surface area contributed by atoms with Crippen molar-refractivity contribution in [2.45, 2.75) is 150 Å². The molecule has 0 bridgehead atoms. The van der Waals surface area contributed by atoms with Crippen molar-refractivity contribution >= 4 is 7.82 Å². The summed E-state index contributed by atoms with van der Waals surface area (Å²) < 4.78 is 27.4. The van der Waals surface area contributed by atoms with Crippen LogP contribution in [0.1, 0.15) is 187 Å². The van der Waals surface area contributed by atoms with Crippen molar-refractivity contribution in [3.05, 3.63) is 104 Å². The normalized spacial score (nSPS) is 16.5. The van der Waals surface area contributed by atoms with Crippen molar-refractivity contribution in [3.63, 3.8) is 0 Å². The van der Waals surface area contributed by atoms with Crippen LogP contribution >= 0.6 is 7.82 Å². The maximum atomic E-state index is 14.5. The fourth-order valence-electron chi connectivity index (χ4n) is 9.52. The first kappa shape index (κ1) is 40.1. The first-order valence-corrected chi connectivity index (χ1v) is 21.3. The summed E-state index contributed by atoms with van der Waals surface area (Å²) in [6, 6.07) is 18.1. The molecule has 0 unspecified atom stereocenters. The fraction of sp³-hybridized carbons (Fsp3) is 0.489. The molecule has 0 radical (unpaired) electrons. The van der Waals surface area contributed by atoms with E-state index < -0.39 is 13.2 Å². The number of hydrogen-bond acceptors (Lipinski definition) is 4. The molecule has 3 aliphatic rings. The van der Waals surface area contributed by atoms with E-state index in [0.29, 0.717) is 23.3 Å². The van der Waals surface area contributed by atoms with Crippen molar-refractivity contribution in [2.24, 2.45) is 0 Å². The van der Waals surface area contributed by atoms with Gasteiger partial charge in [0.25, 0.3) is 0 Å². The Hall–Kier alpha value is -2.59. The van der Waals surface area contributed by atoms with Crippen LogP contribution in [0.25, 0.3) is 22.3 Å². The number of hydrogen-bond donors (Lipinski definition) is 0. The summed E-state index contributed by atoms with van der Waals surface area (Å²) in [5.41, 5.74) is 15.6. The van der Waals surface area contributed by atoms with E-state index in [1.54, 1.807) is 0 Å². The van der Waals surface area contributed by atoms with Crippen molar-refractivity contribution < 1.29 is 40.9 Å². The Balaban J connectivity index is 0.00000481. The Labute approximate surface area is 334 Å². The van der Waals surface area contributed by atoms with E-state index in [1.807, 2.05) is 0 Å². The average molecular weight is 826 g/mol. The van der Waals surface area contributed by atoms with Crippen LogP contribution < -0.4 is 13.9 Å². The largest absolute Gasteiger partial charge is 1.00 e. The van der Waals surface area contributed by atoms with E-state index in [9.17, 15) is 9.46 Å². The second-order valence-corrected chi connectivity index (χ2v) is 19.0. The van der Waals surface area contributed by atoms with Crippen LogP contribution in [0.4, 0.5) is 0 Å². The third-order valence-electron chi connectivity index (χ3n) is 12.3. The number of rotatable bonds is 8. The van der Waals surface area contributed by atoms with Gasteiger partial charge in [-0.05, 0) is 117 Å². The predicted octanol–water partition coefficient (Wildman–Crippen LogP) is 13.2. The molecule has 2 aliphatic carbocycles. The standard InChI is InChI=1S/C47H59O4P.Ag/c1-25(2)33-21-37(27(5)6)41(38(22-33)28(7)8)35-15-13-31-17-19-47-20-18-32-14-16-36(46(44(32)47)51-52(48,49)50-45(35)43(31)47)42-39(29(9)10)23-34(26(3)4)24-40(42)30(11)12;/h13-16,21-30H,17-20H2,1-12H3,(H,48,49);/q;+1/p-1. The molecule has 4 nitrogen and oxygen atoms in total. The summed E-state index contributed by atoms with van der Waals surface area (Å²) >= 11 is 0. The van der Waals surface area contributed by atoms with Gasteiger partial charge in [-0.15, -0.1) is 0 Å². The van der Waals surface area contributed by atoms with Gasteiger partial charge in [-0.25, -0.2) is 4.57 Å². The Morgan fingerprint density at radius 1 is 0.547 bits per heavy atom. The van der Waals surface area contributed by atoms with Crippen LogP contribution in [0, 0.1) is 0 Å². The van der Waals surface area contributed by atoms with Crippen molar-refractivity contribution in [2.75, 3.05) is 0 Å². The molecular weight excluding hydrogens is 767 g/mol. The molecule has 0 amide bonds. The summed E-state index contributed by atoms with van der Waals surface area (Å²) in [7, 11) is -4.91. The van der Waals surface area contributed by atoms with Crippen LogP contribution in [-0.4, -0.2) is 0 Å². The van der Waals surface area contributed by atoms with Gasteiger partial charge in [0.1, 0.15) is 11.5 Å². The number of benzene rings is 4. The first-order valence-electron chi connectivity index (χ1n) is 19.8. The van der Waals surface area contributed by atoms with Gasteiger partial charge in [0.05, 0.1) is 0 Å². The molecular formula is C47H58AgO4P. The number of aryl methyl sites for hydroxylation is 2. The zero-order valence-corrected chi connectivity index (χ0v) is 36.2. The van der Waals surface area contributed by atoms with Crippen LogP contribution in [0.5, 0.6) is 11.5 Å². The second-order valence-electron chi connectivity index (χ2n) is 17.7. The van der Waals surface area contributed by atoms with Gasteiger partial charge >= 0.3 is 30.2 Å². The third-order valence-corrected chi connectivity index (χ3v) is 13.1. The van der Waals surface area contributed by atoms with E-state index in [-0.39, 0.29) is 46.1 Å². The average Bonchev–Trinajstić information content (AvgIpc) is 3.63.